The maximum absolute atomic E-state index is 6.00. The van der Waals surface area contributed by atoms with Crippen LogP contribution in [0.4, 0.5) is 5.82 Å². The molecule has 100 valence electrons. The molecule has 0 saturated carbocycles. The summed E-state index contributed by atoms with van der Waals surface area (Å²) in [5.74, 6) is 0.577. The number of aromatic nitrogens is 2. The average Bonchev–Trinajstić information content (AvgIpc) is 2.85. The van der Waals surface area contributed by atoms with E-state index in [-0.39, 0.29) is 0 Å². The van der Waals surface area contributed by atoms with Gasteiger partial charge in [-0.25, -0.2) is 4.68 Å². The summed E-state index contributed by atoms with van der Waals surface area (Å²) in [6.07, 6.45) is 0.854. The zero-order chi connectivity index (χ0) is 13.5. The first-order valence-corrected chi connectivity index (χ1v) is 6.76. The van der Waals surface area contributed by atoms with E-state index in [1.165, 1.54) is 16.5 Å². The number of benzene rings is 2. The number of nitrogens with two attached hydrogens (primary N) is 1. The maximum Gasteiger partial charge on any atom is 0.151 e. The third kappa shape index (κ3) is 1.69. The SMILES string of the molecule is Nc1nn(-c2ccc3ccccc3c2)c2c1COCC2. The van der Waals surface area contributed by atoms with E-state index in [9.17, 15) is 0 Å². The summed E-state index contributed by atoms with van der Waals surface area (Å²) in [6.45, 7) is 1.29. The summed E-state index contributed by atoms with van der Waals surface area (Å²) in [4.78, 5) is 0. The first kappa shape index (κ1) is 11.5. The Bertz CT molecular complexity index is 792. The van der Waals surface area contributed by atoms with Crippen LogP contribution in [-0.4, -0.2) is 16.4 Å². The Hall–Kier alpha value is -2.33. The molecule has 0 saturated heterocycles. The van der Waals surface area contributed by atoms with E-state index in [1.54, 1.807) is 0 Å². The number of nitrogens with zero attached hydrogens (tertiary/aromatic N) is 2. The number of nitrogen functional groups attached to an aromatic ring is 1. The minimum atomic E-state index is 0.564. The molecule has 0 atom stereocenters. The lowest BCUT2D eigenvalue weighted by Gasteiger charge is -2.14. The van der Waals surface area contributed by atoms with Gasteiger partial charge in [0.1, 0.15) is 0 Å². The van der Waals surface area contributed by atoms with Gasteiger partial charge in [0.05, 0.1) is 24.6 Å². The van der Waals surface area contributed by atoms with Gasteiger partial charge in [0.25, 0.3) is 0 Å². The molecule has 2 heterocycles. The Morgan fingerprint density at radius 1 is 1.10 bits per heavy atom. The first-order valence-electron chi connectivity index (χ1n) is 6.76. The molecule has 0 spiro atoms. The molecule has 2 aromatic carbocycles. The lowest BCUT2D eigenvalue weighted by molar-refractivity contribution is 0.110. The Morgan fingerprint density at radius 2 is 1.95 bits per heavy atom. The van der Waals surface area contributed by atoms with Crippen LogP contribution in [0, 0.1) is 0 Å². The zero-order valence-corrected chi connectivity index (χ0v) is 11.0. The summed E-state index contributed by atoms with van der Waals surface area (Å²) in [7, 11) is 0. The van der Waals surface area contributed by atoms with Crippen molar-refractivity contribution in [3.05, 3.63) is 53.7 Å². The van der Waals surface area contributed by atoms with E-state index in [1.807, 2.05) is 16.8 Å². The Labute approximate surface area is 116 Å². The van der Waals surface area contributed by atoms with E-state index in [0.717, 1.165) is 24.3 Å². The Balaban J connectivity index is 1.90. The normalized spacial score (nSPS) is 14.4. The topological polar surface area (TPSA) is 53.1 Å². The van der Waals surface area contributed by atoms with Crippen LogP contribution in [-0.2, 0) is 17.8 Å². The summed E-state index contributed by atoms with van der Waals surface area (Å²) in [5, 5.41) is 6.92. The highest BCUT2D eigenvalue weighted by atomic mass is 16.5. The highest BCUT2D eigenvalue weighted by Gasteiger charge is 2.20. The number of rotatable bonds is 1. The van der Waals surface area contributed by atoms with Crippen LogP contribution in [0.15, 0.2) is 42.5 Å². The monoisotopic (exact) mass is 265 g/mol. The van der Waals surface area contributed by atoms with Gasteiger partial charge in [-0.1, -0.05) is 30.3 Å². The Kier molecular flexibility index (Phi) is 2.50. The van der Waals surface area contributed by atoms with Crippen molar-refractivity contribution in [3.8, 4) is 5.69 Å². The summed E-state index contributed by atoms with van der Waals surface area (Å²) in [5.41, 5.74) is 9.26. The van der Waals surface area contributed by atoms with Gasteiger partial charge >= 0.3 is 0 Å². The van der Waals surface area contributed by atoms with Crippen LogP contribution in [0.3, 0.4) is 0 Å². The second-order valence-electron chi connectivity index (χ2n) is 5.06. The number of hydrogen-bond donors (Lipinski definition) is 1. The third-order valence-corrected chi connectivity index (χ3v) is 3.83. The molecule has 0 aliphatic carbocycles. The van der Waals surface area contributed by atoms with Gasteiger partial charge in [-0.05, 0) is 22.9 Å². The zero-order valence-electron chi connectivity index (χ0n) is 11.0. The molecule has 1 aliphatic heterocycles. The molecule has 2 N–H and O–H groups in total. The van der Waals surface area contributed by atoms with Crippen molar-refractivity contribution < 1.29 is 4.74 Å². The second-order valence-corrected chi connectivity index (χ2v) is 5.06. The fraction of sp³-hybridized carbons (Fsp3) is 0.188. The van der Waals surface area contributed by atoms with Gasteiger partial charge in [0.2, 0.25) is 0 Å². The molecule has 20 heavy (non-hydrogen) atoms. The lowest BCUT2D eigenvalue weighted by Crippen LogP contribution is -2.13. The minimum absolute atomic E-state index is 0.564. The van der Waals surface area contributed by atoms with Crippen LogP contribution in [0.25, 0.3) is 16.5 Å². The van der Waals surface area contributed by atoms with Gasteiger partial charge in [0.15, 0.2) is 5.82 Å². The van der Waals surface area contributed by atoms with E-state index in [4.69, 9.17) is 10.5 Å². The summed E-state index contributed by atoms with van der Waals surface area (Å²) < 4.78 is 7.42. The molecule has 4 rings (SSSR count). The lowest BCUT2D eigenvalue weighted by atomic mass is 10.1. The molecular weight excluding hydrogens is 250 g/mol. The van der Waals surface area contributed by atoms with Gasteiger partial charge in [0, 0.05) is 12.0 Å². The van der Waals surface area contributed by atoms with Gasteiger partial charge in [-0.15, -0.1) is 0 Å². The number of ether oxygens (including phenoxy) is 1. The van der Waals surface area contributed by atoms with E-state index < -0.39 is 0 Å². The second kappa shape index (κ2) is 4.35. The van der Waals surface area contributed by atoms with Crippen molar-refractivity contribution >= 4 is 16.6 Å². The smallest absolute Gasteiger partial charge is 0.151 e. The quantitative estimate of drug-likeness (QED) is 0.736. The van der Waals surface area contributed by atoms with Gasteiger partial charge < -0.3 is 10.5 Å². The number of hydrogen-bond acceptors (Lipinski definition) is 3. The van der Waals surface area contributed by atoms with Crippen molar-refractivity contribution in [1.29, 1.82) is 0 Å². The summed E-state index contributed by atoms with van der Waals surface area (Å²) >= 11 is 0. The van der Waals surface area contributed by atoms with Crippen LogP contribution < -0.4 is 5.73 Å². The van der Waals surface area contributed by atoms with Gasteiger partial charge in [-0.2, -0.15) is 5.10 Å². The number of fused-ring (bicyclic) bond motifs is 2. The minimum Gasteiger partial charge on any atom is -0.382 e. The predicted octanol–water partition coefficient (Wildman–Crippen LogP) is 2.68. The van der Waals surface area contributed by atoms with Crippen molar-refractivity contribution in [3.63, 3.8) is 0 Å². The molecule has 4 nitrogen and oxygen atoms in total. The molecule has 0 bridgehead atoms. The largest absolute Gasteiger partial charge is 0.382 e. The molecule has 0 radical (unpaired) electrons. The molecule has 3 aromatic rings. The molecule has 1 aromatic heterocycles. The molecule has 0 fully saturated rings. The maximum atomic E-state index is 6.00. The first-order chi connectivity index (χ1) is 9.83. The molecule has 4 heteroatoms. The molecule has 0 amide bonds. The van der Waals surface area contributed by atoms with Gasteiger partial charge in [-0.3, -0.25) is 0 Å². The van der Waals surface area contributed by atoms with E-state index in [0.29, 0.717) is 12.4 Å². The third-order valence-electron chi connectivity index (χ3n) is 3.83. The van der Waals surface area contributed by atoms with Crippen molar-refractivity contribution in [1.82, 2.24) is 9.78 Å². The molecular formula is C16H15N3O. The van der Waals surface area contributed by atoms with Crippen molar-refractivity contribution in [2.75, 3.05) is 12.3 Å². The molecule has 1 aliphatic rings. The number of anilines is 1. The van der Waals surface area contributed by atoms with Crippen molar-refractivity contribution in [2.24, 2.45) is 0 Å². The van der Waals surface area contributed by atoms with E-state index in [2.05, 4.69) is 35.4 Å². The van der Waals surface area contributed by atoms with Crippen LogP contribution in [0.1, 0.15) is 11.3 Å². The highest BCUT2D eigenvalue weighted by Crippen LogP contribution is 2.26. The Morgan fingerprint density at radius 3 is 2.85 bits per heavy atom. The van der Waals surface area contributed by atoms with Crippen LogP contribution in [0.5, 0.6) is 0 Å². The average molecular weight is 265 g/mol. The fourth-order valence-corrected chi connectivity index (χ4v) is 2.78. The van der Waals surface area contributed by atoms with Crippen LogP contribution >= 0.6 is 0 Å². The highest BCUT2D eigenvalue weighted by molar-refractivity contribution is 5.84. The van der Waals surface area contributed by atoms with E-state index >= 15 is 0 Å². The standard InChI is InChI=1S/C16H15N3O/c17-16-14-10-20-8-7-15(14)19(18-16)13-6-5-11-3-1-2-4-12(11)9-13/h1-6,9H,7-8,10H2,(H2,17,18). The molecule has 0 unspecified atom stereocenters. The fourth-order valence-electron chi connectivity index (χ4n) is 2.78. The predicted molar refractivity (Wildman–Crippen MR) is 78.8 cm³/mol. The van der Waals surface area contributed by atoms with Crippen molar-refractivity contribution in [2.45, 2.75) is 13.0 Å². The van der Waals surface area contributed by atoms with Crippen LogP contribution in [0.2, 0.25) is 0 Å². The summed E-state index contributed by atoms with van der Waals surface area (Å²) in [6, 6.07) is 14.7.